The van der Waals surface area contributed by atoms with Crippen LogP contribution < -0.4 is 0 Å². The molecule has 0 heterocycles. The summed E-state index contributed by atoms with van der Waals surface area (Å²) in [4.78, 5) is 20.8. The Kier molecular flexibility index (Phi) is 4.28. The summed E-state index contributed by atoms with van der Waals surface area (Å²) in [6.45, 7) is 1.93. The van der Waals surface area contributed by atoms with Crippen LogP contribution in [-0.4, -0.2) is 18.5 Å². The van der Waals surface area contributed by atoms with Crippen molar-refractivity contribution in [3.8, 4) is 0 Å². The molecule has 0 aromatic heterocycles. The molecule has 0 aliphatic carbocycles. The van der Waals surface area contributed by atoms with Crippen molar-refractivity contribution in [1.82, 2.24) is 0 Å². The van der Waals surface area contributed by atoms with E-state index in [2.05, 4.69) is 16.6 Å². The third-order valence-corrected chi connectivity index (χ3v) is 0.755. The molecule has 0 saturated heterocycles. The Balaban J connectivity index is 3.47. The molecule has 0 atom stereocenters. The largest absolute Gasteiger partial charge is 0.466 e. The second kappa shape index (κ2) is 4.78. The summed E-state index contributed by atoms with van der Waals surface area (Å²) >= 11 is 0. The first kappa shape index (κ1) is 8.94. The third kappa shape index (κ3) is 3.88. The Labute approximate surface area is 59.1 Å². The Bertz CT molecular complexity index is 130. The van der Waals surface area contributed by atoms with Crippen molar-refractivity contribution in [3.05, 3.63) is 7.11 Å². The van der Waals surface area contributed by atoms with Gasteiger partial charge in [0.1, 0.15) is 13.5 Å². The molecule has 0 unspecified atom stereocenters. The number of carbonyl (C=O) groups is 2. The molecule has 4 heteroatoms. The average molecular weight is 145 g/mol. The summed E-state index contributed by atoms with van der Waals surface area (Å²) in [6, 6.07) is 0. The Morgan fingerprint density at radius 2 is 2.00 bits per heavy atom. The molecular weight excluding hydrogens is 136 g/mol. The van der Waals surface area contributed by atoms with E-state index in [4.69, 9.17) is 0 Å². The minimum atomic E-state index is -0.682. The molecule has 0 aliphatic heterocycles. The van der Waals surface area contributed by atoms with Crippen molar-refractivity contribution in [2.24, 2.45) is 0 Å². The van der Waals surface area contributed by atoms with Gasteiger partial charge in [0.05, 0.1) is 6.61 Å². The Morgan fingerprint density at radius 3 is 2.40 bits per heavy atom. The van der Waals surface area contributed by atoms with E-state index in [0.29, 0.717) is 0 Å². The normalized spacial score (nSPS) is 8.60. The standard InChI is InChI=1S/C6H9O4/c1-3-10-6(8)4-5(7)9-2/h2-4H2,1H3. The fraction of sp³-hybridized carbons (Fsp3) is 0.500. The predicted octanol–water partition coefficient (Wildman–Crippen LogP) is 0.274. The van der Waals surface area contributed by atoms with Gasteiger partial charge in [-0.25, -0.2) is 0 Å². The molecule has 4 nitrogen and oxygen atoms in total. The summed E-state index contributed by atoms with van der Waals surface area (Å²) in [6.07, 6.45) is -0.364. The van der Waals surface area contributed by atoms with Gasteiger partial charge in [-0.3, -0.25) is 9.59 Å². The lowest BCUT2D eigenvalue weighted by atomic mass is 10.4. The van der Waals surface area contributed by atoms with Gasteiger partial charge in [0.25, 0.3) is 0 Å². The number of hydrogen-bond acceptors (Lipinski definition) is 4. The maximum absolute atomic E-state index is 10.5. The molecule has 0 aliphatic rings. The summed E-state index contributed by atoms with van der Waals surface area (Å²) in [7, 11) is 2.84. The second-order valence-corrected chi connectivity index (χ2v) is 1.50. The summed E-state index contributed by atoms with van der Waals surface area (Å²) < 4.78 is 8.42. The van der Waals surface area contributed by atoms with Crippen LogP contribution in [0.3, 0.4) is 0 Å². The van der Waals surface area contributed by atoms with E-state index in [-0.39, 0.29) is 13.0 Å². The van der Waals surface area contributed by atoms with Gasteiger partial charge in [-0.15, -0.1) is 0 Å². The lowest BCUT2D eigenvalue weighted by Crippen LogP contribution is -2.11. The SMILES string of the molecule is [CH2]OC(=O)CC(=O)OCC. The first-order valence-electron chi connectivity index (χ1n) is 2.81. The molecule has 0 amide bonds. The maximum atomic E-state index is 10.5. The lowest BCUT2D eigenvalue weighted by molar-refractivity contribution is -0.151. The van der Waals surface area contributed by atoms with Crippen LogP contribution >= 0.6 is 0 Å². The molecule has 0 bridgehead atoms. The smallest absolute Gasteiger partial charge is 0.317 e. The van der Waals surface area contributed by atoms with Crippen molar-refractivity contribution < 1.29 is 19.1 Å². The molecule has 57 valence electrons. The summed E-state index contributed by atoms with van der Waals surface area (Å²) in [5.41, 5.74) is 0. The van der Waals surface area contributed by atoms with Gasteiger partial charge in [0.15, 0.2) is 0 Å². The van der Waals surface area contributed by atoms with E-state index < -0.39 is 11.9 Å². The highest BCUT2D eigenvalue weighted by Crippen LogP contribution is 1.88. The van der Waals surface area contributed by atoms with Crippen LogP contribution in [0.25, 0.3) is 0 Å². The second-order valence-electron chi connectivity index (χ2n) is 1.50. The molecule has 0 rings (SSSR count). The van der Waals surface area contributed by atoms with Crippen molar-refractivity contribution in [1.29, 1.82) is 0 Å². The van der Waals surface area contributed by atoms with Gasteiger partial charge in [0.2, 0.25) is 0 Å². The zero-order chi connectivity index (χ0) is 7.98. The minimum Gasteiger partial charge on any atom is -0.466 e. The quantitative estimate of drug-likeness (QED) is 0.422. The zero-order valence-corrected chi connectivity index (χ0v) is 5.75. The molecule has 0 N–H and O–H groups in total. The Hall–Kier alpha value is -1.06. The first-order valence-corrected chi connectivity index (χ1v) is 2.81. The van der Waals surface area contributed by atoms with E-state index in [0.717, 1.165) is 0 Å². The molecule has 0 fully saturated rings. The van der Waals surface area contributed by atoms with Gasteiger partial charge < -0.3 is 9.47 Å². The molecule has 0 saturated carbocycles. The monoisotopic (exact) mass is 145 g/mol. The Morgan fingerprint density at radius 1 is 1.40 bits per heavy atom. The summed E-state index contributed by atoms with van der Waals surface area (Å²) in [5.74, 6) is -1.27. The van der Waals surface area contributed by atoms with Crippen LogP contribution in [0.4, 0.5) is 0 Å². The maximum Gasteiger partial charge on any atom is 0.317 e. The number of rotatable bonds is 3. The summed E-state index contributed by atoms with van der Waals surface area (Å²) in [5, 5.41) is 0. The van der Waals surface area contributed by atoms with Crippen molar-refractivity contribution in [3.63, 3.8) is 0 Å². The van der Waals surface area contributed by atoms with Gasteiger partial charge in [-0.2, -0.15) is 0 Å². The third-order valence-electron chi connectivity index (χ3n) is 0.755. The lowest BCUT2D eigenvalue weighted by Gasteiger charge is -1.98. The molecule has 0 aromatic carbocycles. The van der Waals surface area contributed by atoms with Gasteiger partial charge in [0, 0.05) is 0 Å². The minimum absolute atomic E-state index is 0.267. The van der Waals surface area contributed by atoms with Crippen molar-refractivity contribution in [2.45, 2.75) is 13.3 Å². The van der Waals surface area contributed by atoms with Gasteiger partial charge >= 0.3 is 11.9 Å². The number of hydrogen-bond donors (Lipinski definition) is 0. The number of carbonyl (C=O) groups excluding carboxylic acids is 2. The van der Waals surface area contributed by atoms with Gasteiger partial charge in [-0.05, 0) is 6.92 Å². The topological polar surface area (TPSA) is 52.6 Å². The fourth-order valence-electron chi connectivity index (χ4n) is 0.381. The number of ether oxygens (including phenoxy) is 2. The highest BCUT2D eigenvalue weighted by Gasteiger charge is 2.08. The highest BCUT2D eigenvalue weighted by molar-refractivity contribution is 5.91. The van der Waals surface area contributed by atoms with Crippen LogP contribution in [0.1, 0.15) is 13.3 Å². The molecule has 10 heavy (non-hydrogen) atoms. The molecule has 0 aromatic rings. The molecular formula is C6H9O4. The average Bonchev–Trinajstić information content (AvgIpc) is 1.88. The van der Waals surface area contributed by atoms with E-state index in [1.807, 2.05) is 0 Å². The first-order chi connectivity index (χ1) is 4.70. The van der Waals surface area contributed by atoms with Gasteiger partial charge in [-0.1, -0.05) is 0 Å². The molecule has 0 spiro atoms. The molecule has 1 radical (unpaired) electrons. The van der Waals surface area contributed by atoms with Crippen LogP contribution in [0.5, 0.6) is 0 Å². The fourth-order valence-corrected chi connectivity index (χ4v) is 0.381. The van der Waals surface area contributed by atoms with E-state index in [1.165, 1.54) is 0 Å². The van der Waals surface area contributed by atoms with E-state index in [1.54, 1.807) is 6.92 Å². The van der Waals surface area contributed by atoms with Crippen LogP contribution in [-0.2, 0) is 19.1 Å². The van der Waals surface area contributed by atoms with Crippen molar-refractivity contribution in [2.75, 3.05) is 6.61 Å². The number of esters is 2. The van der Waals surface area contributed by atoms with E-state index in [9.17, 15) is 9.59 Å². The zero-order valence-electron chi connectivity index (χ0n) is 5.75. The highest BCUT2D eigenvalue weighted by atomic mass is 16.5. The van der Waals surface area contributed by atoms with Crippen LogP contribution in [0.15, 0.2) is 0 Å². The predicted molar refractivity (Wildman–Crippen MR) is 32.7 cm³/mol. The van der Waals surface area contributed by atoms with Crippen molar-refractivity contribution >= 4 is 11.9 Å². The van der Waals surface area contributed by atoms with Crippen LogP contribution in [0.2, 0.25) is 0 Å². The van der Waals surface area contributed by atoms with Crippen LogP contribution in [0, 0.1) is 7.11 Å². The van der Waals surface area contributed by atoms with E-state index >= 15 is 0 Å².